The van der Waals surface area contributed by atoms with Gasteiger partial charge in [0.1, 0.15) is 0 Å². The first-order valence-corrected chi connectivity index (χ1v) is 7.07. The summed E-state index contributed by atoms with van der Waals surface area (Å²) in [6.07, 6.45) is 8.60. The van der Waals surface area contributed by atoms with Gasteiger partial charge in [-0.05, 0) is 30.9 Å². The maximum atomic E-state index is 11.8. The standard InChI is InChI=1S/C15H22N2O2/c1-12-4-2-3-5-14(12)19-11-10-17-15(18)13-6-8-16-9-7-13/h6-9,12,14H,2-5,10-11H2,1H3,(H,17,18)/t12-,14-/m0/s1. The van der Waals surface area contributed by atoms with Crippen LogP contribution in [-0.2, 0) is 4.74 Å². The number of hydrogen-bond donors (Lipinski definition) is 1. The van der Waals surface area contributed by atoms with E-state index in [1.807, 2.05) is 0 Å². The van der Waals surface area contributed by atoms with Crippen molar-refractivity contribution in [1.29, 1.82) is 0 Å². The molecule has 0 saturated heterocycles. The van der Waals surface area contributed by atoms with Crippen LogP contribution in [0.4, 0.5) is 0 Å². The van der Waals surface area contributed by atoms with Crippen LogP contribution in [0.1, 0.15) is 43.0 Å². The Labute approximate surface area is 114 Å². The molecule has 1 aromatic rings. The van der Waals surface area contributed by atoms with Crippen LogP contribution in [0.2, 0.25) is 0 Å². The molecule has 1 fully saturated rings. The van der Waals surface area contributed by atoms with Crippen molar-refractivity contribution in [2.45, 2.75) is 38.7 Å². The molecule has 1 aliphatic rings. The van der Waals surface area contributed by atoms with Gasteiger partial charge in [-0.2, -0.15) is 0 Å². The van der Waals surface area contributed by atoms with Crippen LogP contribution in [0.15, 0.2) is 24.5 Å². The number of ether oxygens (including phenoxy) is 1. The smallest absolute Gasteiger partial charge is 0.251 e. The highest BCUT2D eigenvalue weighted by molar-refractivity contribution is 5.93. The predicted molar refractivity (Wildman–Crippen MR) is 73.9 cm³/mol. The van der Waals surface area contributed by atoms with Gasteiger partial charge in [0, 0.05) is 24.5 Å². The molecule has 0 aromatic carbocycles. The second kappa shape index (κ2) is 7.24. The van der Waals surface area contributed by atoms with Gasteiger partial charge in [-0.25, -0.2) is 0 Å². The van der Waals surface area contributed by atoms with Gasteiger partial charge in [0.2, 0.25) is 0 Å². The lowest BCUT2D eigenvalue weighted by atomic mass is 9.88. The molecule has 1 N–H and O–H groups in total. The van der Waals surface area contributed by atoms with Gasteiger partial charge in [0.25, 0.3) is 5.91 Å². The summed E-state index contributed by atoms with van der Waals surface area (Å²) < 4.78 is 5.85. The lowest BCUT2D eigenvalue weighted by molar-refractivity contribution is -0.00293. The topological polar surface area (TPSA) is 51.2 Å². The summed E-state index contributed by atoms with van der Waals surface area (Å²) in [5.74, 6) is 0.576. The third-order valence-electron chi connectivity index (χ3n) is 3.69. The van der Waals surface area contributed by atoms with Crippen LogP contribution in [0.3, 0.4) is 0 Å². The fourth-order valence-corrected chi connectivity index (χ4v) is 2.51. The summed E-state index contributed by atoms with van der Waals surface area (Å²) in [5, 5.41) is 2.86. The molecule has 0 spiro atoms. The van der Waals surface area contributed by atoms with Crippen molar-refractivity contribution in [3.63, 3.8) is 0 Å². The molecule has 104 valence electrons. The fourth-order valence-electron chi connectivity index (χ4n) is 2.51. The van der Waals surface area contributed by atoms with Crippen molar-refractivity contribution >= 4 is 5.91 Å². The number of carbonyl (C=O) groups is 1. The van der Waals surface area contributed by atoms with Crippen LogP contribution < -0.4 is 5.32 Å². The molecule has 0 radical (unpaired) electrons. The first kappa shape index (κ1) is 14.0. The Morgan fingerprint density at radius 1 is 1.37 bits per heavy atom. The molecule has 1 amide bonds. The van der Waals surface area contributed by atoms with E-state index >= 15 is 0 Å². The van der Waals surface area contributed by atoms with E-state index in [4.69, 9.17) is 4.74 Å². The van der Waals surface area contributed by atoms with E-state index in [1.54, 1.807) is 24.5 Å². The normalized spacial score (nSPS) is 23.0. The van der Waals surface area contributed by atoms with Gasteiger partial charge in [-0.1, -0.05) is 19.8 Å². The minimum absolute atomic E-state index is 0.0670. The van der Waals surface area contributed by atoms with Crippen molar-refractivity contribution in [1.82, 2.24) is 10.3 Å². The molecule has 4 nitrogen and oxygen atoms in total. The Bertz CT molecular complexity index is 394. The Hall–Kier alpha value is -1.42. The van der Waals surface area contributed by atoms with Crippen molar-refractivity contribution in [2.24, 2.45) is 5.92 Å². The van der Waals surface area contributed by atoms with Crippen LogP contribution in [0, 0.1) is 5.92 Å². The van der Waals surface area contributed by atoms with Crippen molar-refractivity contribution in [3.05, 3.63) is 30.1 Å². The quantitative estimate of drug-likeness (QED) is 0.829. The van der Waals surface area contributed by atoms with Gasteiger partial charge in [0.15, 0.2) is 0 Å². The highest BCUT2D eigenvalue weighted by Crippen LogP contribution is 2.25. The second-order valence-electron chi connectivity index (χ2n) is 5.16. The SMILES string of the molecule is C[C@H]1CCCC[C@@H]1OCCNC(=O)c1ccncc1. The van der Waals surface area contributed by atoms with Gasteiger partial charge >= 0.3 is 0 Å². The van der Waals surface area contributed by atoms with Gasteiger partial charge in [-0.3, -0.25) is 9.78 Å². The predicted octanol–water partition coefficient (Wildman–Crippen LogP) is 2.41. The second-order valence-corrected chi connectivity index (χ2v) is 5.16. The van der Waals surface area contributed by atoms with Crippen LogP contribution in [0.5, 0.6) is 0 Å². The maximum Gasteiger partial charge on any atom is 0.251 e. The first-order valence-electron chi connectivity index (χ1n) is 7.07. The summed E-state index contributed by atoms with van der Waals surface area (Å²) in [5.41, 5.74) is 0.640. The zero-order valence-corrected chi connectivity index (χ0v) is 11.5. The summed E-state index contributed by atoms with van der Waals surface area (Å²) in [6, 6.07) is 3.42. The van der Waals surface area contributed by atoms with E-state index in [9.17, 15) is 4.79 Å². The molecule has 19 heavy (non-hydrogen) atoms. The molecule has 1 saturated carbocycles. The molecular formula is C15H22N2O2. The van der Waals surface area contributed by atoms with E-state index in [2.05, 4.69) is 17.2 Å². The molecule has 1 heterocycles. The largest absolute Gasteiger partial charge is 0.376 e. The third-order valence-corrected chi connectivity index (χ3v) is 3.69. The minimum Gasteiger partial charge on any atom is -0.376 e. The number of nitrogens with zero attached hydrogens (tertiary/aromatic N) is 1. The average Bonchev–Trinajstić information content (AvgIpc) is 2.46. The molecule has 2 rings (SSSR count). The number of carbonyl (C=O) groups excluding carboxylic acids is 1. The number of aromatic nitrogens is 1. The molecule has 0 aliphatic heterocycles. The molecule has 2 atom stereocenters. The van der Waals surface area contributed by atoms with Crippen LogP contribution >= 0.6 is 0 Å². The lowest BCUT2D eigenvalue weighted by Gasteiger charge is -2.28. The van der Waals surface area contributed by atoms with E-state index in [1.165, 1.54) is 19.3 Å². The van der Waals surface area contributed by atoms with Gasteiger partial charge in [-0.15, -0.1) is 0 Å². The fraction of sp³-hybridized carbons (Fsp3) is 0.600. The monoisotopic (exact) mass is 262 g/mol. The van der Waals surface area contributed by atoms with Gasteiger partial charge in [0.05, 0.1) is 12.7 Å². The van der Waals surface area contributed by atoms with Crippen molar-refractivity contribution in [3.8, 4) is 0 Å². The summed E-state index contributed by atoms with van der Waals surface area (Å²) in [6.45, 7) is 3.40. The van der Waals surface area contributed by atoms with E-state index in [-0.39, 0.29) is 5.91 Å². The molecule has 1 aliphatic carbocycles. The van der Waals surface area contributed by atoms with Crippen molar-refractivity contribution < 1.29 is 9.53 Å². The van der Waals surface area contributed by atoms with Crippen LogP contribution in [0.25, 0.3) is 0 Å². The van der Waals surface area contributed by atoms with E-state index < -0.39 is 0 Å². The Kier molecular flexibility index (Phi) is 5.33. The Morgan fingerprint density at radius 2 is 2.11 bits per heavy atom. The van der Waals surface area contributed by atoms with E-state index in [0.717, 1.165) is 6.42 Å². The van der Waals surface area contributed by atoms with Crippen LogP contribution in [-0.4, -0.2) is 30.1 Å². The number of nitrogens with one attached hydrogen (secondary N) is 1. The highest BCUT2D eigenvalue weighted by atomic mass is 16.5. The number of pyridine rings is 1. The lowest BCUT2D eigenvalue weighted by Crippen LogP contribution is -2.31. The molecular weight excluding hydrogens is 240 g/mol. The molecule has 0 unspecified atom stereocenters. The number of amides is 1. The number of rotatable bonds is 5. The summed E-state index contributed by atoms with van der Waals surface area (Å²) >= 11 is 0. The number of hydrogen-bond acceptors (Lipinski definition) is 3. The summed E-state index contributed by atoms with van der Waals surface area (Å²) in [7, 11) is 0. The first-order chi connectivity index (χ1) is 9.27. The third kappa shape index (κ3) is 4.31. The van der Waals surface area contributed by atoms with E-state index in [0.29, 0.717) is 30.7 Å². The van der Waals surface area contributed by atoms with Gasteiger partial charge < -0.3 is 10.1 Å². The van der Waals surface area contributed by atoms with Crippen molar-refractivity contribution in [2.75, 3.05) is 13.2 Å². The average molecular weight is 262 g/mol. The maximum absolute atomic E-state index is 11.8. The highest BCUT2D eigenvalue weighted by Gasteiger charge is 2.21. The molecule has 1 aromatic heterocycles. The Balaban J connectivity index is 1.65. The molecule has 4 heteroatoms. The minimum atomic E-state index is -0.0670. The summed E-state index contributed by atoms with van der Waals surface area (Å²) in [4.78, 5) is 15.7. The zero-order chi connectivity index (χ0) is 13.5. The Morgan fingerprint density at radius 3 is 2.84 bits per heavy atom. The zero-order valence-electron chi connectivity index (χ0n) is 11.5. The molecule has 0 bridgehead atoms.